The van der Waals surface area contributed by atoms with Crippen LogP contribution in [0.3, 0.4) is 0 Å². The highest BCUT2D eigenvalue weighted by Gasteiger charge is 2.14. The molecule has 0 saturated carbocycles. The molecule has 0 aliphatic rings. The van der Waals surface area contributed by atoms with Crippen molar-refractivity contribution in [2.45, 2.75) is 13.3 Å². The molecule has 1 amide bonds. The van der Waals surface area contributed by atoms with E-state index in [-0.39, 0.29) is 17.0 Å². The number of nitrogens with zero attached hydrogens (tertiary/aromatic N) is 2. The topological polar surface area (TPSA) is 68.0 Å². The molecular weight excluding hydrogens is 242 g/mol. The lowest BCUT2D eigenvalue weighted by Gasteiger charge is -2.02. The molecule has 0 aliphatic carbocycles. The smallest absolute Gasteiger partial charge is 0.261 e. The van der Waals surface area contributed by atoms with E-state index >= 15 is 0 Å². The molecule has 5 nitrogen and oxygen atoms in total. The number of carbonyl (C=O) groups excluding carboxylic acids is 1. The number of anilines is 1. The van der Waals surface area contributed by atoms with Gasteiger partial charge in [0, 0.05) is 12.6 Å². The Morgan fingerprint density at radius 3 is 3.06 bits per heavy atom. The van der Waals surface area contributed by atoms with E-state index in [0.717, 1.165) is 0 Å². The Kier molecular flexibility index (Phi) is 3.39. The summed E-state index contributed by atoms with van der Waals surface area (Å²) in [5.41, 5.74) is 0.482. The maximum absolute atomic E-state index is 11.9. The van der Waals surface area contributed by atoms with Crippen LogP contribution < -0.4 is 5.32 Å². The number of aryl methyl sites for hydroxylation is 1. The highest BCUT2D eigenvalue weighted by atomic mass is 35.5. The van der Waals surface area contributed by atoms with Gasteiger partial charge in [0.15, 0.2) is 0 Å². The first kappa shape index (κ1) is 11.6. The molecule has 1 N–H and O–H groups in total. The van der Waals surface area contributed by atoms with Crippen molar-refractivity contribution >= 4 is 23.5 Å². The average Bonchev–Trinajstić information content (AvgIpc) is 2.77. The lowest BCUT2D eigenvalue weighted by atomic mass is 10.2. The van der Waals surface area contributed by atoms with Crippen LogP contribution in [0.4, 0.5) is 5.95 Å². The Morgan fingerprint density at radius 1 is 1.53 bits per heavy atom. The first-order chi connectivity index (χ1) is 8.20. The highest BCUT2D eigenvalue weighted by molar-refractivity contribution is 6.29. The standard InChI is InChI=1S/C11H10ClN3O2/c1-2-8-7(4-6-17-8)10(16)15-11-13-5-3-9(12)14-11/h3-6H,2H2,1H3,(H,13,14,15,16). The molecule has 0 aliphatic heterocycles. The number of halogens is 1. The molecule has 0 radical (unpaired) electrons. The first-order valence-corrected chi connectivity index (χ1v) is 5.44. The van der Waals surface area contributed by atoms with E-state index in [1.54, 1.807) is 6.07 Å². The van der Waals surface area contributed by atoms with Gasteiger partial charge in [-0.25, -0.2) is 9.97 Å². The van der Waals surface area contributed by atoms with Crippen LogP contribution >= 0.6 is 11.6 Å². The molecule has 17 heavy (non-hydrogen) atoms. The number of rotatable bonds is 3. The molecule has 0 aromatic carbocycles. The van der Waals surface area contributed by atoms with E-state index in [1.807, 2.05) is 6.92 Å². The summed E-state index contributed by atoms with van der Waals surface area (Å²) in [5.74, 6) is 0.494. The second kappa shape index (κ2) is 4.97. The lowest BCUT2D eigenvalue weighted by Crippen LogP contribution is -2.14. The fourth-order valence-electron chi connectivity index (χ4n) is 1.38. The predicted octanol–water partition coefficient (Wildman–Crippen LogP) is 2.54. The maximum Gasteiger partial charge on any atom is 0.261 e. The van der Waals surface area contributed by atoms with Crippen LogP contribution in [0.1, 0.15) is 23.0 Å². The van der Waals surface area contributed by atoms with Crippen LogP contribution in [0, 0.1) is 0 Å². The van der Waals surface area contributed by atoms with Gasteiger partial charge in [-0.05, 0) is 12.1 Å². The van der Waals surface area contributed by atoms with Crippen LogP contribution in [-0.4, -0.2) is 15.9 Å². The lowest BCUT2D eigenvalue weighted by molar-refractivity contribution is 0.102. The summed E-state index contributed by atoms with van der Waals surface area (Å²) in [6, 6.07) is 3.14. The van der Waals surface area contributed by atoms with Crippen LogP contribution in [0.25, 0.3) is 0 Å². The minimum absolute atomic E-state index is 0.172. The van der Waals surface area contributed by atoms with Crippen molar-refractivity contribution in [1.82, 2.24) is 9.97 Å². The summed E-state index contributed by atoms with van der Waals surface area (Å²) < 4.78 is 5.17. The number of furan rings is 1. The van der Waals surface area contributed by atoms with Crippen LogP contribution in [-0.2, 0) is 6.42 Å². The van der Waals surface area contributed by atoms with Crippen molar-refractivity contribution in [2.24, 2.45) is 0 Å². The Hall–Kier alpha value is -1.88. The Balaban J connectivity index is 2.17. The van der Waals surface area contributed by atoms with Crippen molar-refractivity contribution in [3.8, 4) is 0 Å². The average molecular weight is 252 g/mol. The summed E-state index contributed by atoms with van der Waals surface area (Å²) in [5, 5.41) is 2.83. The monoisotopic (exact) mass is 251 g/mol. The van der Waals surface area contributed by atoms with Crippen molar-refractivity contribution < 1.29 is 9.21 Å². The zero-order chi connectivity index (χ0) is 12.3. The second-order valence-corrected chi connectivity index (χ2v) is 3.66. The number of carbonyl (C=O) groups is 1. The molecular formula is C11H10ClN3O2. The van der Waals surface area contributed by atoms with Crippen molar-refractivity contribution in [2.75, 3.05) is 5.32 Å². The summed E-state index contributed by atoms with van der Waals surface area (Å²) in [4.78, 5) is 19.6. The highest BCUT2D eigenvalue weighted by Crippen LogP contribution is 2.13. The van der Waals surface area contributed by atoms with Crippen LogP contribution in [0.15, 0.2) is 29.0 Å². The molecule has 0 unspecified atom stereocenters. The quantitative estimate of drug-likeness (QED) is 0.851. The Bertz CT molecular complexity index is 539. The fraction of sp³-hybridized carbons (Fsp3) is 0.182. The molecule has 0 atom stereocenters. The van der Waals surface area contributed by atoms with Gasteiger partial charge in [0.25, 0.3) is 5.91 Å². The van der Waals surface area contributed by atoms with Crippen LogP contribution in [0.2, 0.25) is 5.15 Å². The Morgan fingerprint density at radius 2 is 2.35 bits per heavy atom. The molecule has 2 rings (SSSR count). The third-order valence-electron chi connectivity index (χ3n) is 2.16. The van der Waals surface area contributed by atoms with Crippen molar-refractivity contribution in [3.63, 3.8) is 0 Å². The van der Waals surface area contributed by atoms with Gasteiger partial charge >= 0.3 is 0 Å². The fourth-order valence-corrected chi connectivity index (χ4v) is 1.52. The van der Waals surface area contributed by atoms with E-state index in [1.165, 1.54) is 18.5 Å². The minimum Gasteiger partial charge on any atom is -0.469 e. The van der Waals surface area contributed by atoms with E-state index in [9.17, 15) is 4.79 Å². The number of hydrogen-bond donors (Lipinski definition) is 1. The zero-order valence-electron chi connectivity index (χ0n) is 9.11. The molecule has 2 aromatic rings. The summed E-state index contributed by atoms with van der Waals surface area (Å²) in [7, 11) is 0. The zero-order valence-corrected chi connectivity index (χ0v) is 9.86. The largest absolute Gasteiger partial charge is 0.469 e. The third-order valence-corrected chi connectivity index (χ3v) is 2.37. The van der Waals surface area contributed by atoms with E-state index in [0.29, 0.717) is 17.7 Å². The molecule has 2 heterocycles. The van der Waals surface area contributed by atoms with Gasteiger partial charge in [-0.3, -0.25) is 10.1 Å². The van der Waals surface area contributed by atoms with Gasteiger partial charge in [-0.15, -0.1) is 0 Å². The van der Waals surface area contributed by atoms with Crippen molar-refractivity contribution in [1.29, 1.82) is 0 Å². The van der Waals surface area contributed by atoms with E-state index in [2.05, 4.69) is 15.3 Å². The molecule has 88 valence electrons. The molecule has 0 spiro atoms. The van der Waals surface area contributed by atoms with E-state index < -0.39 is 0 Å². The molecule has 0 saturated heterocycles. The third kappa shape index (κ3) is 2.62. The van der Waals surface area contributed by atoms with Gasteiger partial charge in [-0.1, -0.05) is 18.5 Å². The number of aromatic nitrogens is 2. The Labute approximate surface area is 103 Å². The summed E-state index contributed by atoms with van der Waals surface area (Å²) in [6.07, 6.45) is 3.60. The molecule has 6 heteroatoms. The normalized spacial score (nSPS) is 10.2. The first-order valence-electron chi connectivity index (χ1n) is 5.07. The minimum atomic E-state index is -0.308. The number of nitrogens with one attached hydrogen (secondary N) is 1. The molecule has 0 fully saturated rings. The maximum atomic E-state index is 11.9. The molecule has 2 aromatic heterocycles. The van der Waals surface area contributed by atoms with E-state index in [4.69, 9.17) is 16.0 Å². The number of hydrogen-bond acceptors (Lipinski definition) is 4. The summed E-state index contributed by atoms with van der Waals surface area (Å²) in [6.45, 7) is 1.91. The van der Waals surface area contributed by atoms with Gasteiger partial charge < -0.3 is 4.42 Å². The van der Waals surface area contributed by atoms with Crippen molar-refractivity contribution in [3.05, 3.63) is 41.1 Å². The van der Waals surface area contributed by atoms with Gasteiger partial charge in [0.05, 0.1) is 11.8 Å². The number of amides is 1. The van der Waals surface area contributed by atoms with Gasteiger partial charge in [0.2, 0.25) is 5.95 Å². The van der Waals surface area contributed by atoms with Crippen LogP contribution in [0.5, 0.6) is 0 Å². The predicted molar refractivity (Wildman–Crippen MR) is 63.1 cm³/mol. The summed E-state index contributed by atoms with van der Waals surface area (Å²) >= 11 is 5.69. The van der Waals surface area contributed by atoms with Gasteiger partial charge in [0.1, 0.15) is 10.9 Å². The SMILES string of the molecule is CCc1occc1C(=O)Nc1nccc(Cl)n1. The molecule has 0 bridgehead atoms. The van der Waals surface area contributed by atoms with Gasteiger partial charge in [-0.2, -0.15) is 0 Å². The second-order valence-electron chi connectivity index (χ2n) is 3.27.